The molecule has 3 aromatic rings. The fourth-order valence-electron chi connectivity index (χ4n) is 3.43. The highest BCUT2D eigenvalue weighted by molar-refractivity contribution is 7.16. The van der Waals surface area contributed by atoms with Crippen LogP contribution < -0.4 is 10.6 Å². The smallest absolute Gasteiger partial charge is 0.407 e. The van der Waals surface area contributed by atoms with Gasteiger partial charge in [0.05, 0.1) is 31.2 Å². The van der Waals surface area contributed by atoms with Gasteiger partial charge >= 0.3 is 6.09 Å². The maximum atomic E-state index is 12.3. The third-order valence-corrected chi connectivity index (χ3v) is 6.95. The van der Waals surface area contributed by atoms with E-state index in [0.717, 1.165) is 27.4 Å². The molecule has 0 saturated heterocycles. The second kappa shape index (κ2) is 10.3. The van der Waals surface area contributed by atoms with E-state index in [1.807, 2.05) is 5.38 Å². The van der Waals surface area contributed by atoms with Crippen LogP contribution in [0.3, 0.4) is 0 Å². The Balaban J connectivity index is 1.32. The predicted molar refractivity (Wildman–Crippen MR) is 121 cm³/mol. The van der Waals surface area contributed by atoms with Crippen LogP contribution in [0.25, 0.3) is 6.08 Å². The van der Waals surface area contributed by atoms with Crippen molar-refractivity contribution in [1.82, 2.24) is 10.3 Å². The molecule has 8 nitrogen and oxygen atoms in total. The Morgan fingerprint density at radius 1 is 1.44 bits per heavy atom. The first kappa shape index (κ1) is 21.8. The zero-order chi connectivity index (χ0) is 22.3. The lowest BCUT2D eigenvalue weighted by Gasteiger charge is -2.21. The van der Waals surface area contributed by atoms with Crippen LogP contribution in [0.15, 0.2) is 40.7 Å². The minimum Gasteiger partial charge on any atom is -0.472 e. The van der Waals surface area contributed by atoms with Crippen molar-refractivity contribution in [2.45, 2.75) is 25.8 Å². The van der Waals surface area contributed by atoms with E-state index in [4.69, 9.17) is 9.15 Å². The van der Waals surface area contributed by atoms with Gasteiger partial charge in [-0.3, -0.25) is 4.79 Å². The van der Waals surface area contributed by atoms with Crippen LogP contribution in [0.1, 0.15) is 33.0 Å². The Kier molecular flexibility index (Phi) is 6.99. The lowest BCUT2D eigenvalue weighted by Crippen LogP contribution is -2.27. The van der Waals surface area contributed by atoms with E-state index >= 15 is 0 Å². The Morgan fingerprint density at radius 3 is 3.09 bits per heavy atom. The Morgan fingerprint density at radius 2 is 2.34 bits per heavy atom. The Labute approximate surface area is 192 Å². The normalized spacial score (nSPS) is 15.2. The van der Waals surface area contributed by atoms with E-state index in [9.17, 15) is 14.9 Å². The number of rotatable bonds is 7. The molecule has 1 aliphatic rings. The van der Waals surface area contributed by atoms with Crippen LogP contribution >= 0.6 is 22.7 Å². The molecular formula is C22H20N4O4S2. The molecule has 0 radical (unpaired) electrons. The van der Waals surface area contributed by atoms with Crippen molar-refractivity contribution >= 4 is 45.8 Å². The van der Waals surface area contributed by atoms with E-state index < -0.39 is 6.09 Å². The monoisotopic (exact) mass is 468 g/mol. The third-order valence-electron chi connectivity index (χ3n) is 5.00. The summed E-state index contributed by atoms with van der Waals surface area (Å²) in [6.45, 7) is 0.651. The van der Waals surface area contributed by atoms with Crippen molar-refractivity contribution in [2.75, 3.05) is 11.9 Å². The summed E-state index contributed by atoms with van der Waals surface area (Å²) in [4.78, 5) is 29.4. The van der Waals surface area contributed by atoms with Crippen molar-refractivity contribution in [1.29, 1.82) is 5.26 Å². The maximum absolute atomic E-state index is 12.3. The summed E-state index contributed by atoms with van der Waals surface area (Å²) >= 11 is 2.89. The number of nitrogens with zero attached hydrogens (tertiary/aromatic N) is 2. The van der Waals surface area contributed by atoms with E-state index in [1.54, 1.807) is 18.3 Å². The summed E-state index contributed by atoms with van der Waals surface area (Å²) < 4.78 is 10.3. The number of thiazole rings is 1. The fourth-order valence-corrected chi connectivity index (χ4v) is 5.30. The number of hydrogen-bond acceptors (Lipinski definition) is 8. The number of carbonyl (C=O) groups excluding carboxylic acids is 2. The van der Waals surface area contributed by atoms with Crippen LogP contribution in [0.2, 0.25) is 0 Å². The zero-order valence-corrected chi connectivity index (χ0v) is 18.6. The van der Waals surface area contributed by atoms with Gasteiger partial charge in [0.1, 0.15) is 16.1 Å². The SMILES string of the molecule is N#Cc1c(NC(=O)/C=C/c2ccoc2)sc2c1CCC(COC(=O)NCc1nccs1)C2. The number of anilines is 1. The molecule has 0 bridgehead atoms. The second-order valence-corrected chi connectivity index (χ2v) is 9.27. The molecule has 0 spiro atoms. The summed E-state index contributed by atoms with van der Waals surface area (Å²) in [6.07, 6.45) is 9.57. The largest absolute Gasteiger partial charge is 0.472 e. The third kappa shape index (κ3) is 5.43. The average Bonchev–Trinajstić information content (AvgIpc) is 3.55. The number of aromatic nitrogens is 1. The van der Waals surface area contributed by atoms with Gasteiger partial charge in [0.2, 0.25) is 5.91 Å². The number of amides is 2. The number of thiophene rings is 1. The molecule has 2 amide bonds. The van der Waals surface area contributed by atoms with E-state index in [2.05, 4.69) is 21.7 Å². The second-order valence-electron chi connectivity index (χ2n) is 7.19. The molecule has 0 fully saturated rings. The first-order chi connectivity index (χ1) is 15.6. The van der Waals surface area contributed by atoms with E-state index in [-0.39, 0.29) is 11.8 Å². The number of ether oxygens (including phenoxy) is 1. The summed E-state index contributed by atoms with van der Waals surface area (Å²) in [6, 6.07) is 3.98. The molecule has 1 aliphatic carbocycles. The number of fused-ring (bicyclic) bond motifs is 1. The average molecular weight is 469 g/mol. The van der Waals surface area contributed by atoms with Gasteiger partial charge in [-0.25, -0.2) is 9.78 Å². The lowest BCUT2D eigenvalue weighted by atomic mass is 9.88. The molecule has 32 heavy (non-hydrogen) atoms. The lowest BCUT2D eigenvalue weighted by molar-refractivity contribution is -0.111. The first-order valence-electron chi connectivity index (χ1n) is 9.97. The molecule has 0 saturated carbocycles. The van der Waals surface area contributed by atoms with Crippen molar-refractivity contribution in [2.24, 2.45) is 5.92 Å². The highest BCUT2D eigenvalue weighted by Gasteiger charge is 2.27. The van der Waals surface area contributed by atoms with Gasteiger partial charge in [0.15, 0.2) is 0 Å². The van der Waals surface area contributed by atoms with Crippen molar-refractivity contribution in [3.63, 3.8) is 0 Å². The molecule has 4 rings (SSSR count). The van der Waals surface area contributed by atoms with Gasteiger partial charge in [-0.2, -0.15) is 5.26 Å². The van der Waals surface area contributed by atoms with Gasteiger partial charge in [0.25, 0.3) is 0 Å². The van der Waals surface area contributed by atoms with E-state index in [0.29, 0.717) is 36.6 Å². The number of nitrogens with one attached hydrogen (secondary N) is 2. The van der Waals surface area contributed by atoms with Crippen molar-refractivity contribution < 1.29 is 18.7 Å². The quantitative estimate of drug-likeness (QED) is 0.498. The molecule has 1 atom stereocenters. The van der Waals surface area contributed by atoms with Crippen molar-refractivity contribution in [3.8, 4) is 6.07 Å². The highest BCUT2D eigenvalue weighted by atomic mass is 32.1. The maximum Gasteiger partial charge on any atom is 0.407 e. The van der Waals surface area contributed by atoms with Gasteiger partial charge in [-0.15, -0.1) is 22.7 Å². The Bertz CT molecular complexity index is 1140. The minimum atomic E-state index is -0.466. The van der Waals surface area contributed by atoms with Crippen LogP contribution in [0.5, 0.6) is 0 Å². The summed E-state index contributed by atoms with van der Waals surface area (Å²) in [5.41, 5.74) is 2.29. The van der Waals surface area contributed by atoms with Crippen LogP contribution in [0.4, 0.5) is 9.80 Å². The minimum absolute atomic E-state index is 0.169. The Hall–Kier alpha value is -3.42. The number of nitriles is 1. The zero-order valence-electron chi connectivity index (χ0n) is 17.0. The van der Waals surface area contributed by atoms with Gasteiger partial charge < -0.3 is 19.8 Å². The molecule has 0 aromatic carbocycles. The van der Waals surface area contributed by atoms with Gasteiger partial charge in [0, 0.05) is 28.1 Å². The summed E-state index contributed by atoms with van der Waals surface area (Å²) in [5.74, 6) is -0.138. The van der Waals surface area contributed by atoms with Crippen LogP contribution in [-0.2, 0) is 28.9 Å². The van der Waals surface area contributed by atoms with Crippen LogP contribution in [-0.4, -0.2) is 23.6 Å². The number of alkyl carbamates (subject to hydrolysis) is 1. The summed E-state index contributed by atoms with van der Waals surface area (Å²) in [7, 11) is 0. The number of carbonyl (C=O) groups is 2. The summed E-state index contributed by atoms with van der Waals surface area (Å²) in [5, 5.41) is 18.4. The van der Waals surface area contributed by atoms with Gasteiger partial charge in [-0.1, -0.05) is 0 Å². The topological polar surface area (TPSA) is 117 Å². The molecule has 1 unspecified atom stereocenters. The van der Waals surface area contributed by atoms with E-state index in [1.165, 1.54) is 41.3 Å². The molecule has 3 heterocycles. The number of hydrogen-bond donors (Lipinski definition) is 2. The standard InChI is InChI=1S/C22H20N4O4S2/c23-10-17-16-3-1-15(13-30-22(28)25-11-20-24-6-8-31-20)9-18(16)32-21(17)26-19(27)4-2-14-5-7-29-12-14/h2,4-8,12,15H,1,3,9,11,13H2,(H,25,28)(H,26,27)/b4-2+. The molecule has 3 aromatic heterocycles. The van der Waals surface area contributed by atoms with Crippen molar-refractivity contribution in [3.05, 3.63) is 62.8 Å². The fraction of sp³-hybridized carbons (Fsp3) is 0.273. The molecule has 10 heteroatoms. The van der Waals surface area contributed by atoms with Crippen LogP contribution in [0, 0.1) is 17.2 Å². The van der Waals surface area contributed by atoms with Gasteiger partial charge in [-0.05, 0) is 42.9 Å². The molecular weight excluding hydrogens is 448 g/mol. The molecule has 164 valence electrons. The first-order valence-corrected chi connectivity index (χ1v) is 11.7. The highest BCUT2D eigenvalue weighted by Crippen LogP contribution is 2.39. The molecule has 2 N–H and O–H groups in total. The molecule has 0 aliphatic heterocycles. The number of furan rings is 1. The predicted octanol–water partition coefficient (Wildman–Crippen LogP) is 4.35.